The van der Waals surface area contributed by atoms with E-state index in [1.165, 1.54) is 4.91 Å². The molecule has 1 heteroatoms. The van der Waals surface area contributed by atoms with Gasteiger partial charge in [-0.2, -0.15) is 10.5 Å². The van der Waals surface area contributed by atoms with Crippen LogP contribution in [-0.4, -0.2) is 11.6 Å². The number of allylic oxidation sites excluding steroid dienone is 1. The normalized spacial score (nSPS) is 14.1. The highest BCUT2D eigenvalue weighted by Crippen LogP contribution is 2.15. The number of hydrogen-bond acceptors (Lipinski definition) is 0. The molecule has 0 fully saturated rings. The Morgan fingerprint density at radius 1 is 1.71 bits per heavy atom. The molecule has 0 saturated heterocycles. The van der Waals surface area contributed by atoms with Crippen molar-refractivity contribution < 1.29 is 0 Å². The molecule has 1 unspecified atom stereocenters. The molecule has 0 saturated carbocycles. The van der Waals surface area contributed by atoms with Crippen LogP contribution in [0.2, 0.25) is 0 Å². The van der Waals surface area contributed by atoms with Gasteiger partial charge in [-0.25, -0.2) is 0 Å². The van der Waals surface area contributed by atoms with Crippen LogP contribution in [0.3, 0.4) is 0 Å². The van der Waals surface area contributed by atoms with Gasteiger partial charge in [-0.05, 0) is 25.0 Å². The smallest absolute Gasteiger partial charge is 0.0196 e. The lowest BCUT2D eigenvalue weighted by molar-refractivity contribution is 1.73. The van der Waals surface area contributed by atoms with Crippen LogP contribution >= 0.6 is 10.5 Å². The molecule has 0 nitrogen and oxygen atoms in total. The topological polar surface area (TPSA) is 0 Å². The fourth-order valence-electron chi connectivity index (χ4n) is 0.201. The third kappa shape index (κ3) is 2.63. The zero-order chi connectivity index (χ0) is 5.86. The van der Waals surface area contributed by atoms with Crippen molar-refractivity contribution in [3.63, 3.8) is 0 Å². The van der Waals surface area contributed by atoms with Crippen LogP contribution in [0.5, 0.6) is 0 Å². The Morgan fingerprint density at radius 2 is 2.14 bits per heavy atom. The molecular weight excluding hydrogens is 104 g/mol. The highest BCUT2D eigenvalue weighted by Gasteiger charge is 1.78. The fourth-order valence-corrected chi connectivity index (χ4v) is 0.604. The minimum absolute atomic E-state index is 0.352. The maximum absolute atomic E-state index is 3.81. The second-order valence-electron chi connectivity index (χ2n) is 1.50. The third-order valence-electron chi connectivity index (χ3n) is 0.903. The summed E-state index contributed by atoms with van der Waals surface area (Å²) in [7, 11) is 0.352. The lowest BCUT2D eigenvalue weighted by atomic mass is 10.8. The van der Waals surface area contributed by atoms with Gasteiger partial charge in [0.1, 0.15) is 0 Å². The van der Waals surface area contributed by atoms with Crippen LogP contribution in [0.1, 0.15) is 13.8 Å². The maximum Gasteiger partial charge on any atom is -0.0196 e. The standard InChI is InChI=1S/C6H12S/c1-5-7(4)6(2)3/h5H,2H2,1,3-4H3. The Hall–Kier alpha value is -0.0400. The van der Waals surface area contributed by atoms with Crippen molar-refractivity contribution in [3.05, 3.63) is 11.5 Å². The molecule has 0 bridgehead atoms. The molecule has 0 aromatic rings. The highest BCUT2D eigenvalue weighted by atomic mass is 32.2. The Labute approximate surface area is 48.2 Å². The van der Waals surface area contributed by atoms with Crippen LogP contribution in [0, 0.1) is 0 Å². The number of rotatable bonds is 1. The lowest BCUT2D eigenvalue weighted by Gasteiger charge is -1.94. The predicted molar refractivity (Wildman–Crippen MR) is 40.1 cm³/mol. The Bertz CT molecular complexity index is 101. The van der Waals surface area contributed by atoms with Crippen molar-refractivity contribution >= 4 is 15.9 Å². The first kappa shape index (κ1) is 6.96. The van der Waals surface area contributed by atoms with E-state index in [1.54, 1.807) is 0 Å². The van der Waals surface area contributed by atoms with E-state index >= 15 is 0 Å². The molecule has 0 aromatic heterocycles. The van der Waals surface area contributed by atoms with Gasteiger partial charge in [-0.1, -0.05) is 11.9 Å². The summed E-state index contributed by atoms with van der Waals surface area (Å²) in [6.45, 7) is 7.93. The Morgan fingerprint density at radius 3 is 2.14 bits per heavy atom. The monoisotopic (exact) mass is 116 g/mol. The number of hydrogen-bond donors (Lipinski definition) is 0. The molecule has 0 aromatic carbocycles. The van der Waals surface area contributed by atoms with Crippen LogP contribution in [0.4, 0.5) is 0 Å². The summed E-state index contributed by atoms with van der Waals surface area (Å²) < 4.78 is 0. The van der Waals surface area contributed by atoms with E-state index in [1.807, 2.05) is 0 Å². The molecule has 0 radical (unpaired) electrons. The van der Waals surface area contributed by atoms with Gasteiger partial charge >= 0.3 is 0 Å². The minimum Gasteiger partial charge on any atom is -0.167 e. The average molecular weight is 116 g/mol. The molecular formula is C6H12S. The van der Waals surface area contributed by atoms with E-state index in [2.05, 4.69) is 32.0 Å². The van der Waals surface area contributed by atoms with Gasteiger partial charge in [0.05, 0.1) is 0 Å². The third-order valence-corrected chi connectivity index (χ3v) is 2.71. The molecule has 7 heavy (non-hydrogen) atoms. The molecule has 0 N–H and O–H groups in total. The summed E-state index contributed by atoms with van der Waals surface area (Å²) in [5.74, 6) is 0. The SMILES string of the molecule is C=C(C)/S(C)=C/C. The molecule has 0 aliphatic rings. The molecule has 0 aliphatic heterocycles. The first-order valence-electron chi connectivity index (χ1n) is 2.28. The molecule has 0 heterocycles. The Kier molecular flexibility index (Phi) is 3.01. The molecule has 1 atom stereocenters. The fraction of sp³-hybridized carbons (Fsp3) is 0.500. The van der Waals surface area contributed by atoms with Crippen LogP contribution in [0.25, 0.3) is 0 Å². The van der Waals surface area contributed by atoms with Crippen molar-refractivity contribution in [1.82, 2.24) is 0 Å². The summed E-state index contributed by atoms with van der Waals surface area (Å²) in [5, 5.41) is 2.17. The van der Waals surface area contributed by atoms with Gasteiger partial charge < -0.3 is 0 Å². The van der Waals surface area contributed by atoms with Crippen molar-refractivity contribution in [1.29, 1.82) is 0 Å². The van der Waals surface area contributed by atoms with Gasteiger partial charge in [-0.3, -0.25) is 0 Å². The average Bonchev–Trinajstić information content (AvgIpc) is 1.65. The van der Waals surface area contributed by atoms with Gasteiger partial charge in [0.2, 0.25) is 0 Å². The van der Waals surface area contributed by atoms with E-state index in [4.69, 9.17) is 0 Å². The van der Waals surface area contributed by atoms with Crippen molar-refractivity contribution in [2.45, 2.75) is 13.8 Å². The summed E-state index contributed by atoms with van der Waals surface area (Å²) >= 11 is 0. The van der Waals surface area contributed by atoms with E-state index in [9.17, 15) is 0 Å². The van der Waals surface area contributed by atoms with E-state index in [0.29, 0.717) is 10.5 Å². The molecule has 0 amide bonds. The largest absolute Gasteiger partial charge is 0.167 e. The van der Waals surface area contributed by atoms with E-state index in [0.717, 1.165) is 0 Å². The minimum atomic E-state index is 0.352. The summed E-state index contributed by atoms with van der Waals surface area (Å²) in [4.78, 5) is 1.27. The predicted octanol–water partition coefficient (Wildman–Crippen LogP) is 2.24. The zero-order valence-corrected chi connectivity index (χ0v) is 6.01. The lowest BCUT2D eigenvalue weighted by Crippen LogP contribution is -1.66. The van der Waals surface area contributed by atoms with Crippen LogP contribution < -0.4 is 0 Å². The Balaban J connectivity index is 3.82. The molecule has 0 rings (SSSR count). The molecule has 0 aliphatic carbocycles. The van der Waals surface area contributed by atoms with Gasteiger partial charge in [-0.15, -0.1) is 0 Å². The van der Waals surface area contributed by atoms with Crippen LogP contribution in [-0.2, 0) is 0 Å². The second-order valence-corrected chi connectivity index (χ2v) is 3.78. The maximum atomic E-state index is 3.81. The van der Waals surface area contributed by atoms with Crippen LogP contribution in [0.15, 0.2) is 11.5 Å². The first-order valence-corrected chi connectivity index (χ1v) is 3.98. The van der Waals surface area contributed by atoms with Crippen molar-refractivity contribution in [2.75, 3.05) is 6.26 Å². The summed E-state index contributed by atoms with van der Waals surface area (Å²) in [5.41, 5.74) is 0. The zero-order valence-electron chi connectivity index (χ0n) is 5.19. The van der Waals surface area contributed by atoms with Gasteiger partial charge in [0.15, 0.2) is 0 Å². The van der Waals surface area contributed by atoms with Crippen molar-refractivity contribution in [3.8, 4) is 0 Å². The quantitative estimate of drug-likeness (QED) is 0.461. The first-order chi connectivity index (χ1) is 3.18. The van der Waals surface area contributed by atoms with E-state index in [-0.39, 0.29) is 0 Å². The molecule has 42 valence electrons. The van der Waals surface area contributed by atoms with Gasteiger partial charge in [0, 0.05) is 0 Å². The van der Waals surface area contributed by atoms with Gasteiger partial charge in [0.25, 0.3) is 0 Å². The summed E-state index contributed by atoms with van der Waals surface area (Å²) in [6.07, 6.45) is 2.17. The highest BCUT2D eigenvalue weighted by molar-refractivity contribution is 8.17. The second kappa shape index (κ2) is 3.03. The summed E-state index contributed by atoms with van der Waals surface area (Å²) in [6, 6.07) is 0. The van der Waals surface area contributed by atoms with E-state index < -0.39 is 0 Å². The van der Waals surface area contributed by atoms with Crippen molar-refractivity contribution in [2.24, 2.45) is 0 Å². The molecule has 0 spiro atoms.